The highest BCUT2D eigenvalue weighted by Crippen LogP contribution is 2.39. The number of hydrogen-bond donors (Lipinski definition) is 1. The molecule has 1 aliphatic heterocycles. The molecule has 2 N–H and O–H groups in total. The van der Waals surface area contributed by atoms with Crippen LogP contribution in [-0.2, 0) is 10.0 Å². The maximum Gasteiger partial charge on any atom is 0.240 e. The Labute approximate surface area is 134 Å². The number of primary sulfonamides is 1. The first-order chi connectivity index (χ1) is 10.9. The first-order valence-corrected chi connectivity index (χ1v) is 8.90. The number of furan rings is 1. The fourth-order valence-electron chi connectivity index (χ4n) is 3.03. The van der Waals surface area contributed by atoms with Crippen LogP contribution in [0.3, 0.4) is 0 Å². The van der Waals surface area contributed by atoms with Gasteiger partial charge in [0.1, 0.15) is 10.7 Å². The van der Waals surface area contributed by atoms with Crippen LogP contribution in [0, 0.1) is 0 Å². The summed E-state index contributed by atoms with van der Waals surface area (Å²) in [4.78, 5) is 13.5. The normalized spacial score (nSPS) is 18.3. The zero-order chi connectivity index (χ0) is 16.6. The van der Waals surface area contributed by atoms with Gasteiger partial charge in [-0.3, -0.25) is 4.79 Å². The lowest BCUT2D eigenvalue weighted by Gasteiger charge is -2.27. The van der Waals surface area contributed by atoms with Gasteiger partial charge in [-0.1, -0.05) is 0 Å². The van der Waals surface area contributed by atoms with Gasteiger partial charge in [0.25, 0.3) is 0 Å². The molecule has 6 nitrogen and oxygen atoms in total. The van der Waals surface area contributed by atoms with Crippen LogP contribution >= 0.6 is 0 Å². The molecular formula is C16H18N2O4S. The molecule has 122 valence electrons. The molecule has 1 fully saturated rings. The second-order valence-corrected chi connectivity index (χ2v) is 7.18. The van der Waals surface area contributed by atoms with Gasteiger partial charge < -0.3 is 9.32 Å². The number of rotatable bonds is 4. The molecule has 0 radical (unpaired) electrons. The van der Waals surface area contributed by atoms with E-state index in [0.29, 0.717) is 17.8 Å². The third-order valence-electron chi connectivity index (χ3n) is 4.11. The van der Waals surface area contributed by atoms with E-state index in [-0.39, 0.29) is 16.7 Å². The Kier molecular flexibility index (Phi) is 3.99. The number of benzene rings is 1. The van der Waals surface area contributed by atoms with E-state index in [0.717, 1.165) is 18.6 Å². The van der Waals surface area contributed by atoms with E-state index < -0.39 is 10.0 Å². The topological polar surface area (TPSA) is 93.6 Å². The molecule has 0 amide bonds. The van der Waals surface area contributed by atoms with E-state index in [1.54, 1.807) is 18.4 Å². The van der Waals surface area contributed by atoms with E-state index in [1.165, 1.54) is 13.0 Å². The molecule has 1 aliphatic rings. The SMILES string of the molecule is CC(=O)c1ccc(N2CCC[C@@H]2c2ccco2)c(S(N)(=O)=O)c1. The monoisotopic (exact) mass is 334 g/mol. The highest BCUT2D eigenvalue weighted by molar-refractivity contribution is 7.89. The van der Waals surface area contributed by atoms with Crippen LogP contribution in [0.1, 0.15) is 41.9 Å². The van der Waals surface area contributed by atoms with Crippen LogP contribution in [0.15, 0.2) is 45.9 Å². The number of sulfonamides is 1. The lowest BCUT2D eigenvalue weighted by atomic mass is 10.1. The van der Waals surface area contributed by atoms with Gasteiger partial charge in [0, 0.05) is 12.1 Å². The van der Waals surface area contributed by atoms with Crippen molar-refractivity contribution in [3.05, 3.63) is 47.9 Å². The Hall–Kier alpha value is -2.12. The molecule has 1 saturated heterocycles. The predicted octanol–water partition coefficient (Wildman–Crippen LogP) is 2.47. The maximum absolute atomic E-state index is 12.0. The molecule has 7 heteroatoms. The van der Waals surface area contributed by atoms with E-state index >= 15 is 0 Å². The number of carbonyl (C=O) groups excluding carboxylic acids is 1. The summed E-state index contributed by atoms with van der Waals surface area (Å²) in [6.45, 7) is 2.09. The Bertz CT molecular complexity index is 828. The van der Waals surface area contributed by atoms with Crippen LogP contribution < -0.4 is 10.0 Å². The van der Waals surface area contributed by atoms with E-state index in [4.69, 9.17) is 9.56 Å². The van der Waals surface area contributed by atoms with Crippen molar-refractivity contribution in [2.45, 2.75) is 30.7 Å². The lowest BCUT2D eigenvalue weighted by molar-refractivity contribution is 0.101. The van der Waals surface area contributed by atoms with Crippen molar-refractivity contribution >= 4 is 21.5 Å². The number of hydrogen-bond acceptors (Lipinski definition) is 5. The molecule has 0 unspecified atom stereocenters. The number of anilines is 1. The van der Waals surface area contributed by atoms with E-state index in [2.05, 4.69) is 0 Å². The van der Waals surface area contributed by atoms with Crippen LogP contribution in [0.5, 0.6) is 0 Å². The summed E-state index contributed by atoms with van der Waals surface area (Å²) < 4.78 is 29.5. The molecule has 0 saturated carbocycles. The minimum atomic E-state index is -3.94. The molecule has 0 spiro atoms. The second-order valence-electron chi connectivity index (χ2n) is 5.65. The van der Waals surface area contributed by atoms with Gasteiger partial charge in [-0.2, -0.15) is 0 Å². The third kappa shape index (κ3) is 3.02. The standard InChI is InChI=1S/C16H18N2O4S/c1-11(19)12-6-7-14(16(10-12)23(17,20)21)18-8-2-4-13(18)15-5-3-9-22-15/h3,5-7,9-10,13H,2,4,8H2,1H3,(H2,17,20,21)/t13-/m1/s1. The van der Waals surface area contributed by atoms with Crippen molar-refractivity contribution < 1.29 is 17.6 Å². The summed E-state index contributed by atoms with van der Waals surface area (Å²) in [5.74, 6) is 0.587. The van der Waals surface area contributed by atoms with Crippen LogP contribution in [-0.4, -0.2) is 20.7 Å². The highest BCUT2D eigenvalue weighted by Gasteiger charge is 2.31. The second kappa shape index (κ2) is 5.82. The molecule has 0 bridgehead atoms. The fraction of sp³-hybridized carbons (Fsp3) is 0.312. The first kappa shape index (κ1) is 15.8. The van der Waals surface area contributed by atoms with Gasteiger partial charge >= 0.3 is 0 Å². The smallest absolute Gasteiger partial charge is 0.240 e. The minimum absolute atomic E-state index is 0.0244. The van der Waals surface area contributed by atoms with Crippen LogP contribution in [0.4, 0.5) is 5.69 Å². The van der Waals surface area contributed by atoms with Gasteiger partial charge in [-0.05, 0) is 50.1 Å². The molecule has 2 aromatic rings. The van der Waals surface area contributed by atoms with Gasteiger partial charge in [-0.15, -0.1) is 0 Å². The third-order valence-corrected chi connectivity index (χ3v) is 5.05. The van der Waals surface area contributed by atoms with Crippen molar-refractivity contribution in [3.8, 4) is 0 Å². The molecule has 3 rings (SSSR count). The number of carbonyl (C=O) groups is 1. The highest BCUT2D eigenvalue weighted by atomic mass is 32.2. The summed E-state index contributed by atoms with van der Waals surface area (Å²) >= 11 is 0. The number of ketones is 1. The average Bonchev–Trinajstić information content (AvgIpc) is 3.16. The Morgan fingerprint density at radius 3 is 2.74 bits per heavy atom. The molecule has 23 heavy (non-hydrogen) atoms. The zero-order valence-electron chi connectivity index (χ0n) is 12.7. The summed E-state index contributed by atoms with van der Waals surface area (Å²) in [6, 6.07) is 8.29. The fourth-order valence-corrected chi connectivity index (χ4v) is 3.80. The summed E-state index contributed by atoms with van der Waals surface area (Å²) in [5, 5.41) is 5.37. The van der Waals surface area contributed by atoms with Crippen LogP contribution in [0.2, 0.25) is 0 Å². The quantitative estimate of drug-likeness (QED) is 0.867. The van der Waals surface area contributed by atoms with E-state index in [1.807, 2.05) is 17.0 Å². The van der Waals surface area contributed by atoms with Gasteiger partial charge in [0.15, 0.2) is 5.78 Å². The maximum atomic E-state index is 12.0. The van der Waals surface area contributed by atoms with Crippen LogP contribution in [0.25, 0.3) is 0 Å². The van der Waals surface area contributed by atoms with Gasteiger partial charge in [-0.25, -0.2) is 13.6 Å². The van der Waals surface area contributed by atoms with Crippen molar-refractivity contribution in [2.75, 3.05) is 11.4 Å². The minimum Gasteiger partial charge on any atom is -0.467 e. The number of nitrogens with two attached hydrogens (primary N) is 1. The van der Waals surface area contributed by atoms with Crippen molar-refractivity contribution in [1.29, 1.82) is 0 Å². The van der Waals surface area contributed by atoms with Gasteiger partial charge in [0.2, 0.25) is 10.0 Å². The Morgan fingerprint density at radius 1 is 1.35 bits per heavy atom. The Morgan fingerprint density at radius 2 is 2.13 bits per heavy atom. The average molecular weight is 334 g/mol. The number of Topliss-reactive ketones (excluding diaryl/α,β-unsaturated/α-hetero) is 1. The largest absolute Gasteiger partial charge is 0.467 e. The van der Waals surface area contributed by atoms with Crippen molar-refractivity contribution in [3.63, 3.8) is 0 Å². The Balaban J connectivity index is 2.10. The van der Waals surface area contributed by atoms with Crippen molar-refractivity contribution in [1.82, 2.24) is 0 Å². The van der Waals surface area contributed by atoms with Gasteiger partial charge in [0.05, 0.1) is 18.0 Å². The molecule has 1 atom stereocenters. The lowest BCUT2D eigenvalue weighted by Crippen LogP contribution is -2.26. The number of nitrogens with zero attached hydrogens (tertiary/aromatic N) is 1. The zero-order valence-corrected chi connectivity index (χ0v) is 13.5. The predicted molar refractivity (Wildman–Crippen MR) is 85.8 cm³/mol. The molecule has 0 aliphatic carbocycles. The first-order valence-electron chi connectivity index (χ1n) is 7.36. The summed E-state index contributed by atoms with van der Waals surface area (Å²) in [5.41, 5.74) is 0.836. The van der Waals surface area contributed by atoms with E-state index in [9.17, 15) is 13.2 Å². The van der Waals surface area contributed by atoms with Crippen molar-refractivity contribution in [2.24, 2.45) is 5.14 Å². The summed E-state index contributed by atoms with van der Waals surface area (Å²) in [7, 11) is -3.94. The molecular weight excluding hydrogens is 316 g/mol. The molecule has 1 aromatic carbocycles. The molecule has 1 aromatic heterocycles. The summed E-state index contributed by atoms with van der Waals surface area (Å²) in [6.07, 6.45) is 3.39. The molecule has 2 heterocycles.